The van der Waals surface area contributed by atoms with Crippen LogP contribution in [0.25, 0.3) is 10.2 Å². The van der Waals surface area contributed by atoms with Gasteiger partial charge in [0.2, 0.25) is 0 Å². The maximum atomic E-state index is 13.3. The molecule has 0 aliphatic rings. The molecule has 0 saturated heterocycles. The van der Waals surface area contributed by atoms with E-state index in [0.717, 1.165) is 5.56 Å². The molecule has 0 N–H and O–H groups in total. The van der Waals surface area contributed by atoms with Crippen LogP contribution in [0.2, 0.25) is 0 Å². The van der Waals surface area contributed by atoms with Gasteiger partial charge in [0.05, 0.1) is 30.2 Å². The van der Waals surface area contributed by atoms with Gasteiger partial charge in [0.1, 0.15) is 15.5 Å². The summed E-state index contributed by atoms with van der Waals surface area (Å²) in [4.78, 5) is 31.2. The first-order valence-corrected chi connectivity index (χ1v) is 9.89. The number of fused-ring (bicyclic) bond motifs is 1. The Morgan fingerprint density at radius 2 is 2.14 bits per heavy atom. The minimum atomic E-state index is -0.429. The SMILES string of the molecule is CCOC(=O)c1sc2nc(C(C)C)n(Cc3cccc(C#N)c3)c(=O)c2c1C. The second-order valence-electron chi connectivity index (χ2n) is 6.78. The van der Waals surface area contributed by atoms with Crippen molar-refractivity contribution in [2.75, 3.05) is 6.61 Å². The molecular formula is C21H21N3O3S. The highest BCUT2D eigenvalue weighted by atomic mass is 32.1. The van der Waals surface area contributed by atoms with Crippen LogP contribution >= 0.6 is 11.3 Å². The number of thiophene rings is 1. The van der Waals surface area contributed by atoms with Gasteiger partial charge < -0.3 is 4.74 Å². The van der Waals surface area contributed by atoms with E-state index in [1.165, 1.54) is 11.3 Å². The normalized spacial score (nSPS) is 11.0. The number of aromatic nitrogens is 2. The summed E-state index contributed by atoms with van der Waals surface area (Å²) in [7, 11) is 0. The molecule has 0 radical (unpaired) electrons. The highest BCUT2D eigenvalue weighted by molar-refractivity contribution is 7.20. The summed E-state index contributed by atoms with van der Waals surface area (Å²) < 4.78 is 6.75. The van der Waals surface area contributed by atoms with Gasteiger partial charge in [-0.3, -0.25) is 9.36 Å². The van der Waals surface area contributed by atoms with Crippen LogP contribution in [0.3, 0.4) is 0 Å². The molecule has 144 valence electrons. The Hall–Kier alpha value is -2.98. The van der Waals surface area contributed by atoms with Crippen LogP contribution in [0.15, 0.2) is 29.1 Å². The lowest BCUT2D eigenvalue weighted by molar-refractivity contribution is 0.0531. The van der Waals surface area contributed by atoms with E-state index >= 15 is 0 Å². The molecular weight excluding hydrogens is 374 g/mol. The van der Waals surface area contributed by atoms with E-state index in [2.05, 4.69) is 6.07 Å². The lowest BCUT2D eigenvalue weighted by Gasteiger charge is -2.15. The third-order valence-electron chi connectivity index (χ3n) is 4.45. The number of nitrogens with zero attached hydrogens (tertiary/aromatic N) is 3. The Labute approximate surface area is 167 Å². The number of rotatable bonds is 5. The standard InChI is InChI=1S/C21H21N3O3S/c1-5-27-21(26)17-13(4)16-19(28-17)23-18(12(2)3)24(20(16)25)11-15-8-6-7-14(9-15)10-22/h6-9,12H,5,11H2,1-4H3. The van der Waals surface area contributed by atoms with Gasteiger partial charge in [0.25, 0.3) is 5.56 Å². The maximum Gasteiger partial charge on any atom is 0.348 e. The zero-order chi connectivity index (χ0) is 20.4. The lowest BCUT2D eigenvalue weighted by atomic mass is 10.1. The summed E-state index contributed by atoms with van der Waals surface area (Å²) in [6, 6.07) is 9.30. The quantitative estimate of drug-likeness (QED) is 0.610. The Balaban J connectivity index is 2.21. The van der Waals surface area contributed by atoms with Crippen LogP contribution in [0.1, 0.15) is 58.9 Å². The van der Waals surface area contributed by atoms with Gasteiger partial charge in [-0.2, -0.15) is 5.26 Å². The molecule has 0 saturated carbocycles. The fourth-order valence-corrected chi connectivity index (χ4v) is 4.21. The van der Waals surface area contributed by atoms with Crippen molar-refractivity contribution >= 4 is 27.5 Å². The predicted molar refractivity (Wildman–Crippen MR) is 109 cm³/mol. The number of benzene rings is 1. The number of hydrogen-bond acceptors (Lipinski definition) is 6. The zero-order valence-corrected chi connectivity index (χ0v) is 17.1. The van der Waals surface area contributed by atoms with Crippen molar-refractivity contribution < 1.29 is 9.53 Å². The van der Waals surface area contributed by atoms with Gasteiger partial charge in [-0.05, 0) is 37.1 Å². The molecule has 0 aliphatic carbocycles. The molecule has 0 fully saturated rings. The maximum absolute atomic E-state index is 13.3. The largest absolute Gasteiger partial charge is 0.462 e. The molecule has 3 rings (SSSR count). The van der Waals surface area contributed by atoms with Crippen molar-refractivity contribution in [3.63, 3.8) is 0 Å². The van der Waals surface area contributed by atoms with E-state index in [9.17, 15) is 9.59 Å². The molecule has 2 aromatic heterocycles. The van der Waals surface area contributed by atoms with Crippen LogP contribution in [0.4, 0.5) is 0 Å². The molecule has 0 unspecified atom stereocenters. The molecule has 1 aromatic carbocycles. The number of carbonyl (C=O) groups excluding carboxylic acids is 1. The van der Waals surface area contributed by atoms with E-state index in [1.807, 2.05) is 19.9 Å². The molecule has 3 aromatic rings. The van der Waals surface area contributed by atoms with Gasteiger partial charge >= 0.3 is 5.97 Å². The van der Waals surface area contributed by atoms with Crippen molar-refractivity contribution in [1.29, 1.82) is 5.26 Å². The van der Waals surface area contributed by atoms with Crippen LogP contribution in [-0.2, 0) is 11.3 Å². The predicted octanol–water partition coefficient (Wildman–Crippen LogP) is 3.99. The van der Waals surface area contributed by atoms with E-state index in [-0.39, 0.29) is 18.1 Å². The Bertz CT molecular complexity index is 1150. The molecule has 0 aliphatic heterocycles. The summed E-state index contributed by atoms with van der Waals surface area (Å²) in [5.41, 5.74) is 1.82. The number of aryl methyl sites for hydroxylation is 1. The molecule has 28 heavy (non-hydrogen) atoms. The number of esters is 1. The average Bonchev–Trinajstić information content (AvgIpc) is 3.01. The van der Waals surface area contributed by atoms with E-state index in [1.54, 1.807) is 36.6 Å². The van der Waals surface area contributed by atoms with Crippen LogP contribution in [0, 0.1) is 18.3 Å². The Kier molecular flexibility index (Phi) is 5.61. The average molecular weight is 395 g/mol. The Morgan fingerprint density at radius 1 is 1.39 bits per heavy atom. The van der Waals surface area contributed by atoms with Crippen molar-refractivity contribution in [1.82, 2.24) is 9.55 Å². The van der Waals surface area contributed by atoms with Crippen molar-refractivity contribution in [2.45, 2.75) is 40.2 Å². The van der Waals surface area contributed by atoms with Crippen LogP contribution in [-0.4, -0.2) is 22.1 Å². The first-order chi connectivity index (χ1) is 13.4. The minimum absolute atomic E-state index is 0.0182. The molecule has 0 bridgehead atoms. The summed E-state index contributed by atoms with van der Waals surface area (Å²) in [5, 5.41) is 9.58. The number of hydrogen-bond donors (Lipinski definition) is 0. The van der Waals surface area contributed by atoms with Crippen LogP contribution in [0.5, 0.6) is 0 Å². The van der Waals surface area contributed by atoms with Crippen molar-refractivity contribution in [3.05, 3.63) is 62.0 Å². The minimum Gasteiger partial charge on any atom is -0.462 e. The van der Waals surface area contributed by atoms with E-state index in [0.29, 0.717) is 38.6 Å². The number of nitriles is 1. The summed E-state index contributed by atoms with van der Waals surface area (Å²) in [6.07, 6.45) is 0. The Morgan fingerprint density at radius 3 is 2.79 bits per heavy atom. The van der Waals surface area contributed by atoms with Crippen molar-refractivity contribution in [2.24, 2.45) is 0 Å². The fraction of sp³-hybridized carbons (Fsp3) is 0.333. The van der Waals surface area contributed by atoms with E-state index in [4.69, 9.17) is 15.0 Å². The highest BCUT2D eigenvalue weighted by Crippen LogP contribution is 2.29. The smallest absolute Gasteiger partial charge is 0.348 e. The molecule has 7 heteroatoms. The number of carbonyl (C=O) groups is 1. The molecule has 6 nitrogen and oxygen atoms in total. The highest BCUT2D eigenvalue weighted by Gasteiger charge is 2.23. The van der Waals surface area contributed by atoms with Gasteiger partial charge in [0.15, 0.2) is 0 Å². The summed E-state index contributed by atoms with van der Waals surface area (Å²) >= 11 is 1.20. The van der Waals surface area contributed by atoms with Gasteiger partial charge in [-0.25, -0.2) is 9.78 Å². The topological polar surface area (TPSA) is 85.0 Å². The third kappa shape index (κ3) is 3.56. The third-order valence-corrected chi connectivity index (χ3v) is 5.62. The second kappa shape index (κ2) is 7.95. The fourth-order valence-electron chi connectivity index (χ4n) is 3.14. The first-order valence-electron chi connectivity index (χ1n) is 9.07. The van der Waals surface area contributed by atoms with Crippen molar-refractivity contribution in [3.8, 4) is 6.07 Å². The summed E-state index contributed by atoms with van der Waals surface area (Å²) in [5.74, 6) is 0.239. The second-order valence-corrected chi connectivity index (χ2v) is 7.78. The zero-order valence-electron chi connectivity index (χ0n) is 16.3. The molecule has 0 amide bonds. The first kappa shape index (κ1) is 19.8. The lowest BCUT2D eigenvalue weighted by Crippen LogP contribution is -2.26. The monoisotopic (exact) mass is 395 g/mol. The summed E-state index contributed by atoms with van der Waals surface area (Å²) in [6.45, 7) is 8.04. The van der Waals surface area contributed by atoms with Gasteiger partial charge in [-0.15, -0.1) is 11.3 Å². The molecule has 0 spiro atoms. The molecule has 0 atom stereocenters. The van der Waals surface area contributed by atoms with Crippen LogP contribution < -0.4 is 5.56 Å². The molecule has 2 heterocycles. The van der Waals surface area contributed by atoms with Gasteiger partial charge in [0, 0.05) is 5.92 Å². The van der Waals surface area contributed by atoms with E-state index < -0.39 is 5.97 Å². The van der Waals surface area contributed by atoms with Gasteiger partial charge in [-0.1, -0.05) is 26.0 Å². The number of ether oxygens (including phenoxy) is 1.